The molecule has 0 N–H and O–H groups in total. The molecule has 0 bridgehead atoms. The lowest BCUT2D eigenvalue weighted by atomic mass is 9.90. The predicted molar refractivity (Wildman–Crippen MR) is 70.9 cm³/mol. The van der Waals surface area contributed by atoms with Crippen molar-refractivity contribution in [2.75, 3.05) is 12.4 Å². The van der Waals surface area contributed by atoms with Crippen molar-refractivity contribution in [1.29, 1.82) is 0 Å². The molecule has 0 aromatic heterocycles. The second kappa shape index (κ2) is 5.74. The second-order valence-corrected chi connectivity index (χ2v) is 5.16. The summed E-state index contributed by atoms with van der Waals surface area (Å²) >= 11 is 4.48. The van der Waals surface area contributed by atoms with Crippen molar-refractivity contribution in [2.45, 2.75) is 32.3 Å². The van der Waals surface area contributed by atoms with Gasteiger partial charge in [-0.2, -0.15) is 12.6 Å². The molecule has 0 heterocycles. The molecule has 1 saturated carbocycles. The number of thiol groups is 1. The van der Waals surface area contributed by atoms with Gasteiger partial charge >= 0.3 is 0 Å². The van der Waals surface area contributed by atoms with Crippen molar-refractivity contribution in [2.24, 2.45) is 5.41 Å². The van der Waals surface area contributed by atoms with Crippen LogP contribution in [0, 0.1) is 5.41 Å². The van der Waals surface area contributed by atoms with Gasteiger partial charge in [0, 0.05) is 5.41 Å². The van der Waals surface area contributed by atoms with E-state index in [1.54, 1.807) is 0 Å². The Balaban J connectivity index is 1.79. The quantitative estimate of drug-likeness (QED) is 0.767. The van der Waals surface area contributed by atoms with Crippen LogP contribution in [0.2, 0.25) is 0 Å². The topological polar surface area (TPSA) is 9.23 Å². The van der Waals surface area contributed by atoms with Crippen molar-refractivity contribution in [3.8, 4) is 0 Å². The standard InChI is InChI=1S/C14H20OS/c16-12-14(8-4-5-9-14)11-15-10-13-6-2-1-3-7-13/h1-3,6-7,16H,4-5,8-12H2. The summed E-state index contributed by atoms with van der Waals surface area (Å²) in [6, 6.07) is 10.4. The third-order valence-corrected chi connectivity index (χ3v) is 4.19. The molecule has 88 valence electrons. The fourth-order valence-corrected chi connectivity index (χ4v) is 2.84. The summed E-state index contributed by atoms with van der Waals surface area (Å²) in [5.41, 5.74) is 1.62. The maximum absolute atomic E-state index is 5.85. The van der Waals surface area contributed by atoms with Gasteiger partial charge in [-0.3, -0.25) is 0 Å². The van der Waals surface area contributed by atoms with E-state index < -0.39 is 0 Å². The highest BCUT2D eigenvalue weighted by Gasteiger charge is 2.32. The molecule has 1 aliphatic carbocycles. The zero-order valence-electron chi connectivity index (χ0n) is 9.69. The molecule has 2 rings (SSSR count). The minimum atomic E-state index is 0.359. The number of rotatable bonds is 5. The van der Waals surface area contributed by atoms with Crippen LogP contribution in [0.3, 0.4) is 0 Å². The summed E-state index contributed by atoms with van der Waals surface area (Å²) < 4.78 is 5.85. The van der Waals surface area contributed by atoms with Crippen LogP contribution in [-0.2, 0) is 11.3 Å². The number of benzene rings is 1. The maximum atomic E-state index is 5.85. The fraction of sp³-hybridized carbons (Fsp3) is 0.571. The minimum absolute atomic E-state index is 0.359. The van der Waals surface area contributed by atoms with Crippen LogP contribution in [0.1, 0.15) is 31.2 Å². The highest BCUT2D eigenvalue weighted by Crippen LogP contribution is 2.39. The molecule has 0 unspecified atom stereocenters. The molecule has 0 saturated heterocycles. The number of hydrogen-bond acceptors (Lipinski definition) is 2. The number of ether oxygens (including phenoxy) is 1. The first-order valence-electron chi connectivity index (χ1n) is 6.07. The molecule has 0 aliphatic heterocycles. The first-order chi connectivity index (χ1) is 7.85. The summed E-state index contributed by atoms with van der Waals surface area (Å²) in [5.74, 6) is 0.960. The van der Waals surface area contributed by atoms with Crippen molar-refractivity contribution >= 4 is 12.6 Å². The van der Waals surface area contributed by atoms with Gasteiger partial charge in [-0.1, -0.05) is 43.2 Å². The predicted octanol–water partition coefficient (Wildman–Crippen LogP) is 3.69. The van der Waals surface area contributed by atoms with Crippen LogP contribution in [-0.4, -0.2) is 12.4 Å². The smallest absolute Gasteiger partial charge is 0.0717 e. The monoisotopic (exact) mass is 236 g/mol. The molecule has 1 aromatic carbocycles. The number of hydrogen-bond donors (Lipinski definition) is 1. The van der Waals surface area contributed by atoms with Gasteiger partial charge in [-0.05, 0) is 24.2 Å². The SMILES string of the molecule is SCC1(COCc2ccccc2)CCCC1. The van der Waals surface area contributed by atoms with Gasteiger partial charge in [0.05, 0.1) is 13.2 Å². The maximum Gasteiger partial charge on any atom is 0.0717 e. The fourth-order valence-electron chi connectivity index (χ4n) is 2.43. The molecule has 2 heteroatoms. The van der Waals surface area contributed by atoms with Crippen molar-refractivity contribution < 1.29 is 4.74 Å². The molecule has 1 aliphatic rings. The lowest BCUT2D eigenvalue weighted by Crippen LogP contribution is -2.25. The van der Waals surface area contributed by atoms with Crippen molar-refractivity contribution in [3.63, 3.8) is 0 Å². The van der Waals surface area contributed by atoms with Crippen LogP contribution in [0.25, 0.3) is 0 Å². The Labute approximate surface area is 104 Å². The van der Waals surface area contributed by atoms with Crippen LogP contribution < -0.4 is 0 Å². The molecule has 0 atom stereocenters. The summed E-state index contributed by atoms with van der Waals surface area (Å²) in [4.78, 5) is 0. The Hall–Kier alpha value is -0.470. The van der Waals surface area contributed by atoms with E-state index in [2.05, 4.69) is 36.9 Å². The first kappa shape index (κ1) is 12.0. The Morgan fingerprint density at radius 1 is 1.12 bits per heavy atom. The molecule has 1 nitrogen and oxygen atoms in total. The van der Waals surface area contributed by atoms with E-state index in [0.717, 1.165) is 19.0 Å². The van der Waals surface area contributed by atoms with Gasteiger partial charge in [-0.25, -0.2) is 0 Å². The molecular weight excluding hydrogens is 216 g/mol. The van der Waals surface area contributed by atoms with Gasteiger partial charge in [0.1, 0.15) is 0 Å². The molecule has 16 heavy (non-hydrogen) atoms. The Bertz CT molecular complexity index is 304. The summed E-state index contributed by atoms with van der Waals surface area (Å²) in [7, 11) is 0. The third-order valence-electron chi connectivity index (χ3n) is 3.52. The average Bonchev–Trinajstić information content (AvgIpc) is 2.80. The van der Waals surface area contributed by atoms with E-state index in [4.69, 9.17) is 4.74 Å². The van der Waals surface area contributed by atoms with Crippen molar-refractivity contribution in [3.05, 3.63) is 35.9 Å². The van der Waals surface area contributed by atoms with Gasteiger partial charge in [0.15, 0.2) is 0 Å². The highest BCUT2D eigenvalue weighted by molar-refractivity contribution is 7.80. The van der Waals surface area contributed by atoms with E-state index in [1.807, 2.05) is 6.07 Å². The van der Waals surface area contributed by atoms with E-state index in [1.165, 1.54) is 31.2 Å². The lowest BCUT2D eigenvalue weighted by molar-refractivity contribution is 0.0483. The highest BCUT2D eigenvalue weighted by atomic mass is 32.1. The Morgan fingerprint density at radius 3 is 2.44 bits per heavy atom. The van der Waals surface area contributed by atoms with E-state index in [9.17, 15) is 0 Å². The summed E-state index contributed by atoms with van der Waals surface area (Å²) in [5, 5.41) is 0. The zero-order chi connectivity index (χ0) is 11.3. The first-order valence-corrected chi connectivity index (χ1v) is 6.70. The minimum Gasteiger partial charge on any atom is -0.376 e. The van der Waals surface area contributed by atoms with Gasteiger partial charge in [0.25, 0.3) is 0 Å². The molecule has 1 fully saturated rings. The third kappa shape index (κ3) is 3.02. The van der Waals surface area contributed by atoms with Crippen LogP contribution in [0.4, 0.5) is 0 Å². The summed E-state index contributed by atoms with van der Waals surface area (Å²) in [6.45, 7) is 1.60. The van der Waals surface area contributed by atoms with Crippen LogP contribution in [0.15, 0.2) is 30.3 Å². The molecular formula is C14H20OS. The molecule has 1 aromatic rings. The molecule has 0 amide bonds. The van der Waals surface area contributed by atoms with E-state index in [-0.39, 0.29) is 0 Å². The van der Waals surface area contributed by atoms with Crippen molar-refractivity contribution in [1.82, 2.24) is 0 Å². The zero-order valence-corrected chi connectivity index (χ0v) is 10.6. The van der Waals surface area contributed by atoms with E-state index in [0.29, 0.717) is 5.41 Å². The van der Waals surface area contributed by atoms with Crippen LogP contribution in [0.5, 0.6) is 0 Å². The Morgan fingerprint density at radius 2 is 1.81 bits per heavy atom. The molecule has 0 spiro atoms. The summed E-state index contributed by atoms with van der Waals surface area (Å²) in [6.07, 6.45) is 5.25. The van der Waals surface area contributed by atoms with Gasteiger partial charge in [-0.15, -0.1) is 0 Å². The second-order valence-electron chi connectivity index (χ2n) is 4.84. The lowest BCUT2D eigenvalue weighted by Gasteiger charge is -2.26. The normalized spacial score (nSPS) is 18.8. The van der Waals surface area contributed by atoms with Gasteiger partial charge in [0.2, 0.25) is 0 Å². The Kier molecular flexibility index (Phi) is 4.30. The largest absolute Gasteiger partial charge is 0.376 e. The average molecular weight is 236 g/mol. The van der Waals surface area contributed by atoms with E-state index >= 15 is 0 Å². The van der Waals surface area contributed by atoms with Crippen LogP contribution >= 0.6 is 12.6 Å². The molecule has 0 radical (unpaired) electrons. The van der Waals surface area contributed by atoms with Gasteiger partial charge < -0.3 is 4.74 Å².